The summed E-state index contributed by atoms with van der Waals surface area (Å²) < 4.78 is 8.38. The molecule has 0 aliphatic carbocycles. The molecule has 1 aromatic rings. The van der Waals surface area contributed by atoms with E-state index in [-0.39, 0.29) is 32.1 Å². The molecule has 3 N–H and O–H groups in total. The number of aromatic nitrogens is 2. The Morgan fingerprint density at radius 3 is 2.73 bits per heavy atom. The van der Waals surface area contributed by atoms with Crippen molar-refractivity contribution in [1.29, 1.82) is 0 Å². The SMILES string of the molecule is NC(Cc1cnc[nH]1)C(=O)O[O-].[CH3-].[O]=[Zn]. The second kappa shape index (κ2) is 9.57. The van der Waals surface area contributed by atoms with Crippen molar-refractivity contribution >= 4 is 5.97 Å². The van der Waals surface area contributed by atoms with Crippen molar-refractivity contribution in [2.24, 2.45) is 5.73 Å². The molecule has 0 aromatic carbocycles. The summed E-state index contributed by atoms with van der Waals surface area (Å²) in [6, 6.07) is -0.928. The van der Waals surface area contributed by atoms with E-state index < -0.39 is 12.0 Å². The predicted octanol–water partition coefficient (Wildman–Crippen LogP) is -1.57. The Morgan fingerprint density at radius 1 is 1.73 bits per heavy atom. The second-order valence-electron chi connectivity index (χ2n) is 2.29. The molecule has 0 fully saturated rings. The van der Waals surface area contributed by atoms with Crippen LogP contribution in [-0.2, 0) is 37.9 Å². The van der Waals surface area contributed by atoms with Gasteiger partial charge < -0.3 is 28.3 Å². The number of nitrogens with one attached hydrogen (secondary N) is 1. The van der Waals surface area contributed by atoms with E-state index in [4.69, 9.17) is 9.31 Å². The molecule has 0 aliphatic heterocycles. The molecule has 8 heteroatoms. The quantitative estimate of drug-likeness (QED) is 0.295. The number of hydrogen-bond acceptors (Lipinski definition) is 6. The van der Waals surface area contributed by atoms with Crippen molar-refractivity contribution in [3.05, 3.63) is 25.6 Å². The van der Waals surface area contributed by atoms with Crippen molar-refractivity contribution in [2.75, 3.05) is 0 Å². The molecule has 1 heterocycles. The van der Waals surface area contributed by atoms with Crippen LogP contribution in [0.4, 0.5) is 0 Å². The van der Waals surface area contributed by atoms with Gasteiger partial charge in [-0.3, -0.25) is 4.79 Å². The van der Waals surface area contributed by atoms with Crippen LogP contribution in [0.1, 0.15) is 5.69 Å². The molecule has 0 spiro atoms. The molecule has 7 nitrogen and oxygen atoms in total. The third-order valence-corrected chi connectivity index (χ3v) is 1.38. The molecule has 0 saturated heterocycles. The van der Waals surface area contributed by atoms with Gasteiger partial charge in [0, 0.05) is 18.3 Å². The number of imidazole rings is 1. The molecule has 1 atom stereocenters. The average Bonchev–Trinajstić information content (AvgIpc) is 2.72. The van der Waals surface area contributed by atoms with Gasteiger partial charge in [-0.1, -0.05) is 0 Å². The van der Waals surface area contributed by atoms with Gasteiger partial charge in [0.05, 0.1) is 6.33 Å². The summed E-state index contributed by atoms with van der Waals surface area (Å²) in [6.45, 7) is 0. The number of hydrogen-bond donors (Lipinski definition) is 2. The van der Waals surface area contributed by atoms with E-state index in [1.165, 1.54) is 12.5 Å². The third kappa shape index (κ3) is 6.16. The number of carbonyl (C=O) groups is 1. The van der Waals surface area contributed by atoms with Gasteiger partial charge >= 0.3 is 27.8 Å². The Labute approximate surface area is 96.9 Å². The van der Waals surface area contributed by atoms with Gasteiger partial charge in [-0.05, 0) is 0 Å². The molecular weight excluding hydrogens is 255 g/mol. The fourth-order valence-electron chi connectivity index (χ4n) is 0.778. The minimum atomic E-state index is -0.968. The third-order valence-electron chi connectivity index (χ3n) is 1.38. The summed E-state index contributed by atoms with van der Waals surface area (Å²) in [5.41, 5.74) is 5.98. The van der Waals surface area contributed by atoms with Crippen LogP contribution in [0.3, 0.4) is 0 Å². The molecule has 0 amide bonds. The van der Waals surface area contributed by atoms with E-state index >= 15 is 0 Å². The monoisotopic (exact) mass is 265 g/mol. The molecule has 1 unspecified atom stereocenters. The zero-order valence-electron chi connectivity index (χ0n) is 8.30. The van der Waals surface area contributed by atoms with E-state index in [2.05, 4.69) is 14.9 Å². The van der Waals surface area contributed by atoms with E-state index in [1.807, 2.05) is 0 Å². The number of rotatable bonds is 3. The van der Waals surface area contributed by atoms with Gasteiger partial charge in [-0.25, -0.2) is 4.98 Å². The summed E-state index contributed by atoms with van der Waals surface area (Å²) in [5.74, 6) is -0.968. The fourth-order valence-corrected chi connectivity index (χ4v) is 0.778. The Kier molecular flexibility index (Phi) is 10.5. The molecule has 82 valence electrons. The molecule has 1 aromatic heterocycles. The van der Waals surface area contributed by atoms with Gasteiger partial charge in [0.2, 0.25) is 0 Å². The van der Waals surface area contributed by atoms with Crippen molar-refractivity contribution in [3.63, 3.8) is 0 Å². The molecule has 0 radical (unpaired) electrons. The Hall–Kier alpha value is -0.977. The van der Waals surface area contributed by atoms with Crippen molar-refractivity contribution < 1.29 is 36.8 Å². The summed E-state index contributed by atoms with van der Waals surface area (Å²) >= 11 is 0.125. The number of nitrogens with zero attached hydrogens (tertiary/aromatic N) is 1. The summed E-state index contributed by atoms with van der Waals surface area (Å²) in [4.78, 5) is 20.2. The first-order valence-corrected chi connectivity index (χ1v) is 4.80. The maximum absolute atomic E-state index is 10.5. The normalized spacial score (nSPS) is 10.4. The number of H-pyrrole nitrogens is 1. The molecule has 0 saturated carbocycles. The summed E-state index contributed by atoms with van der Waals surface area (Å²) in [7, 11) is 0. The van der Waals surface area contributed by atoms with Crippen molar-refractivity contribution in [2.45, 2.75) is 12.5 Å². The molecule has 15 heavy (non-hydrogen) atoms. The van der Waals surface area contributed by atoms with Crippen molar-refractivity contribution in [1.82, 2.24) is 9.97 Å². The summed E-state index contributed by atoms with van der Waals surface area (Å²) in [5, 5.41) is 9.64. The van der Waals surface area contributed by atoms with Crippen LogP contribution in [0, 0.1) is 7.43 Å². The zero-order valence-corrected chi connectivity index (χ0v) is 11.3. The second-order valence-corrected chi connectivity index (χ2v) is 2.29. The average molecular weight is 267 g/mol. The van der Waals surface area contributed by atoms with Crippen LogP contribution in [0.25, 0.3) is 0 Å². The van der Waals surface area contributed by atoms with Gasteiger partial charge in [-0.2, -0.15) is 0 Å². The first kappa shape index (κ1) is 16.5. The van der Waals surface area contributed by atoms with Crippen molar-refractivity contribution in [3.8, 4) is 0 Å². The molecular formula is C7H11N3O4Zn-2. The van der Waals surface area contributed by atoms with Gasteiger partial charge in [0.25, 0.3) is 0 Å². The predicted molar refractivity (Wildman–Crippen MR) is 43.5 cm³/mol. The first-order valence-electron chi connectivity index (χ1n) is 3.59. The fraction of sp³-hybridized carbons (Fsp3) is 0.286. The number of aromatic amines is 1. The van der Waals surface area contributed by atoms with Crippen LogP contribution in [0.15, 0.2) is 12.5 Å². The van der Waals surface area contributed by atoms with E-state index in [0.717, 1.165) is 0 Å². The van der Waals surface area contributed by atoms with Crippen LogP contribution in [0.2, 0.25) is 0 Å². The zero-order chi connectivity index (χ0) is 11.0. The maximum atomic E-state index is 10.5. The number of nitrogens with two attached hydrogens (primary N) is 1. The van der Waals surface area contributed by atoms with Crippen LogP contribution in [0.5, 0.6) is 0 Å². The van der Waals surface area contributed by atoms with Crippen LogP contribution < -0.4 is 11.0 Å². The number of carbonyl (C=O) groups excluding carboxylic acids is 1. The minimum absolute atomic E-state index is 0. The Morgan fingerprint density at radius 2 is 2.33 bits per heavy atom. The van der Waals surface area contributed by atoms with Gasteiger partial charge in [-0.15, -0.1) is 0 Å². The Balaban J connectivity index is 0. The van der Waals surface area contributed by atoms with E-state index in [9.17, 15) is 10.1 Å². The molecule has 0 aliphatic rings. The van der Waals surface area contributed by atoms with Gasteiger partial charge in [0.15, 0.2) is 0 Å². The van der Waals surface area contributed by atoms with Crippen LogP contribution >= 0.6 is 0 Å². The topological polar surface area (TPSA) is 121 Å². The molecule has 0 bridgehead atoms. The molecule has 1 rings (SSSR count). The first-order chi connectivity index (χ1) is 6.74. The van der Waals surface area contributed by atoms with E-state index in [1.54, 1.807) is 0 Å². The standard InChI is InChI=1S/C6H9N3O3.CH3.O.Zn/c7-5(6(10)12-11)1-4-2-8-3-9-4;;;/h2-3,5,11H,1,7H2,(H,8,9);1H3;;/q;-1;;/p-1. The van der Waals surface area contributed by atoms with Gasteiger partial charge in [0.1, 0.15) is 6.04 Å². The van der Waals surface area contributed by atoms with Crippen LogP contribution in [-0.4, -0.2) is 22.0 Å². The van der Waals surface area contributed by atoms with E-state index in [0.29, 0.717) is 5.69 Å². The Bertz CT molecular complexity index is 267. The summed E-state index contributed by atoms with van der Waals surface area (Å²) in [6.07, 6.45) is 3.21.